The van der Waals surface area contributed by atoms with Crippen molar-refractivity contribution in [2.45, 2.75) is 25.9 Å². The lowest BCUT2D eigenvalue weighted by Gasteiger charge is -2.18. The van der Waals surface area contributed by atoms with Crippen molar-refractivity contribution in [3.8, 4) is 5.75 Å². The Bertz CT molecular complexity index is 674. The first-order chi connectivity index (χ1) is 11.7. The summed E-state index contributed by atoms with van der Waals surface area (Å²) in [6.07, 6.45) is 2.47. The molecule has 1 amide bonds. The van der Waals surface area contributed by atoms with Gasteiger partial charge in [0.05, 0.1) is 12.2 Å². The van der Waals surface area contributed by atoms with Crippen LogP contribution >= 0.6 is 12.4 Å². The number of nitrogens with one attached hydrogen (secondary N) is 2. The van der Waals surface area contributed by atoms with Crippen molar-refractivity contribution >= 4 is 24.0 Å². The van der Waals surface area contributed by atoms with Crippen LogP contribution in [0.15, 0.2) is 54.6 Å². The minimum Gasteiger partial charge on any atom is -0.484 e. The van der Waals surface area contributed by atoms with E-state index in [1.807, 2.05) is 61.5 Å². The fourth-order valence-corrected chi connectivity index (χ4v) is 2.56. The van der Waals surface area contributed by atoms with E-state index in [0.29, 0.717) is 18.0 Å². The minimum atomic E-state index is -0.0859. The Morgan fingerprint density at radius 2 is 1.80 bits per heavy atom. The molecule has 1 fully saturated rings. The van der Waals surface area contributed by atoms with Crippen LogP contribution in [0.2, 0.25) is 0 Å². The molecule has 5 heteroatoms. The summed E-state index contributed by atoms with van der Waals surface area (Å²) in [5, 5.41) is 6.14. The molecule has 1 unspecified atom stereocenters. The second kappa shape index (κ2) is 9.44. The Balaban J connectivity index is 0.00000225. The smallest absolute Gasteiger partial charge is 0.238 e. The number of ether oxygens (including phenoxy) is 1. The monoisotopic (exact) mass is 360 g/mol. The third kappa shape index (κ3) is 6.07. The predicted molar refractivity (Wildman–Crippen MR) is 103 cm³/mol. The van der Waals surface area contributed by atoms with Crippen LogP contribution in [0.4, 0.5) is 5.69 Å². The van der Waals surface area contributed by atoms with Crippen molar-refractivity contribution in [2.24, 2.45) is 5.92 Å². The van der Waals surface area contributed by atoms with Crippen molar-refractivity contribution in [1.29, 1.82) is 0 Å². The largest absolute Gasteiger partial charge is 0.484 e. The van der Waals surface area contributed by atoms with Gasteiger partial charge in [-0.25, -0.2) is 0 Å². The van der Waals surface area contributed by atoms with E-state index in [9.17, 15) is 4.79 Å². The number of amides is 1. The molecule has 0 aromatic heterocycles. The number of hydrogen-bond donors (Lipinski definition) is 2. The van der Waals surface area contributed by atoms with E-state index < -0.39 is 0 Å². The standard InChI is InChI=1S/C20H24N2O2.ClH/c1-15(17-7-3-2-4-8-17)24-19-10-6-5-9-18(19)22-20(23)14-21-13-16-11-12-16;/h2-10,15-16,21H,11-14H2,1H3,(H,22,23);1H. The van der Waals surface area contributed by atoms with E-state index in [2.05, 4.69) is 10.6 Å². The van der Waals surface area contributed by atoms with Gasteiger partial charge in [-0.3, -0.25) is 4.79 Å². The molecular weight excluding hydrogens is 336 g/mol. The molecule has 0 bridgehead atoms. The van der Waals surface area contributed by atoms with E-state index in [4.69, 9.17) is 4.74 Å². The summed E-state index contributed by atoms with van der Waals surface area (Å²) < 4.78 is 6.05. The van der Waals surface area contributed by atoms with Crippen molar-refractivity contribution in [1.82, 2.24) is 5.32 Å². The van der Waals surface area contributed by atoms with Gasteiger partial charge in [-0.15, -0.1) is 12.4 Å². The number of benzene rings is 2. The summed E-state index contributed by atoms with van der Waals surface area (Å²) in [4.78, 5) is 12.1. The molecule has 3 rings (SSSR count). The van der Waals surface area contributed by atoms with Crippen LogP contribution in [-0.2, 0) is 4.79 Å². The SMILES string of the molecule is CC(Oc1ccccc1NC(=O)CNCC1CC1)c1ccccc1.Cl. The van der Waals surface area contributed by atoms with Gasteiger partial charge < -0.3 is 15.4 Å². The summed E-state index contributed by atoms with van der Waals surface area (Å²) in [6.45, 7) is 3.26. The van der Waals surface area contributed by atoms with Crippen LogP contribution in [0.3, 0.4) is 0 Å². The van der Waals surface area contributed by atoms with Gasteiger partial charge in [-0.1, -0.05) is 42.5 Å². The molecule has 0 heterocycles. The van der Waals surface area contributed by atoms with Crippen molar-refractivity contribution in [3.05, 3.63) is 60.2 Å². The second-order valence-electron chi connectivity index (χ2n) is 6.29. The van der Waals surface area contributed by atoms with Crippen LogP contribution < -0.4 is 15.4 Å². The fourth-order valence-electron chi connectivity index (χ4n) is 2.56. The van der Waals surface area contributed by atoms with Gasteiger partial charge in [0.25, 0.3) is 0 Å². The first-order valence-electron chi connectivity index (χ1n) is 8.53. The molecule has 1 aliphatic rings. The highest BCUT2D eigenvalue weighted by Crippen LogP contribution is 2.29. The summed E-state index contributed by atoms with van der Waals surface area (Å²) in [7, 11) is 0. The zero-order valence-electron chi connectivity index (χ0n) is 14.4. The molecule has 25 heavy (non-hydrogen) atoms. The Morgan fingerprint density at radius 3 is 2.52 bits per heavy atom. The fraction of sp³-hybridized carbons (Fsp3) is 0.350. The summed E-state index contributed by atoms with van der Waals surface area (Å²) in [6, 6.07) is 17.6. The third-order valence-electron chi connectivity index (χ3n) is 4.15. The first kappa shape index (κ1) is 19.3. The Morgan fingerprint density at radius 1 is 1.12 bits per heavy atom. The normalized spacial score (nSPS) is 14.3. The van der Waals surface area contributed by atoms with E-state index in [-0.39, 0.29) is 24.4 Å². The third-order valence-corrected chi connectivity index (χ3v) is 4.15. The summed E-state index contributed by atoms with van der Waals surface area (Å²) >= 11 is 0. The molecule has 4 nitrogen and oxygen atoms in total. The van der Waals surface area contributed by atoms with Crippen molar-refractivity contribution in [2.75, 3.05) is 18.4 Å². The van der Waals surface area contributed by atoms with Gasteiger partial charge in [0.15, 0.2) is 0 Å². The van der Waals surface area contributed by atoms with Gasteiger partial charge in [0.1, 0.15) is 11.9 Å². The Kier molecular flexibility index (Phi) is 7.29. The van der Waals surface area contributed by atoms with Crippen LogP contribution in [0.25, 0.3) is 0 Å². The molecule has 2 aromatic carbocycles. The topological polar surface area (TPSA) is 50.4 Å². The molecule has 2 aromatic rings. The molecule has 2 N–H and O–H groups in total. The molecule has 0 radical (unpaired) electrons. The van der Waals surface area contributed by atoms with Gasteiger partial charge >= 0.3 is 0 Å². The highest BCUT2D eigenvalue weighted by Gasteiger charge is 2.20. The molecule has 0 spiro atoms. The zero-order chi connectivity index (χ0) is 16.8. The number of anilines is 1. The molecule has 1 atom stereocenters. The lowest BCUT2D eigenvalue weighted by atomic mass is 10.1. The number of hydrogen-bond acceptors (Lipinski definition) is 3. The zero-order valence-corrected chi connectivity index (χ0v) is 15.2. The molecule has 1 aliphatic carbocycles. The maximum absolute atomic E-state index is 12.1. The highest BCUT2D eigenvalue weighted by molar-refractivity contribution is 5.93. The Labute approximate surface area is 155 Å². The average Bonchev–Trinajstić information content (AvgIpc) is 3.42. The van der Waals surface area contributed by atoms with Crippen LogP contribution in [0.1, 0.15) is 31.4 Å². The Hall–Kier alpha value is -2.04. The number of rotatable bonds is 8. The van der Waals surface area contributed by atoms with E-state index in [0.717, 1.165) is 18.0 Å². The maximum atomic E-state index is 12.1. The molecule has 0 aliphatic heterocycles. The number of carbonyl (C=O) groups excluding carboxylic acids is 1. The number of carbonyl (C=O) groups is 1. The number of halogens is 1. The van der Waals surface area contributed by atoms with Gasteiger partial charge in [0.2, 0.25) is 5.91 Å². The van der Waals surface area contributed by atoms with E-state index >= 15 is 0 Å². The van der Waals surface area contributed by atoms with Gasteiger partial charge in [-0.2, -0.15) is 0 Å². The number of para-hydroxylation sites is 2. The summed E-state index contributed by atoms with van der Waals surface area (Å²) in [5.41, 5.74) is 1.81. The average molecular weight is 361 g/mol. The van der Waals surface area contributed by atoms with Gasteiger partial charge in [-0.05, 0) is 49.9 Å². The van der Waals surface area contributed by atoms with Crippen LogP contribution in [0.5, 0.6) is 5.75 Å². The second-order valence-corrected chi connectivity index (χ2v) is 6.29. The van der Waals surface area contributed by atoms with E-state index in [1.165, 1.54) is 12.8 Å². The molecule has 0 saturated heterocycles. The first-order valence-corrected chi connectivity index (χ1v) is 8.53. The van der Waals surface area contributed by atoms with Crippen LogP contribution in [-0.4, -0.2) is 19.0 Å². The lowest BCUT2D eigenvalue weighted by Crippen LogP contribution is -2.29. The molecular formula is C20H25ClN2O2. The van der Waals surface area contributed by atoms with E-state index in [1.54, 1.807) is 0 Å². The summed E-state index contributed by atoms with van der Waals surface area (Å²) in [5.74, 6) is 1.41. The van der Waals surface area contributed by atoms with Crippen molar-refractivity contribution < 1.29 is 9.53 Å². The maximum Gasteiger partial charge on any atom is 0.238 e. The van der Waals surface area contributed by atoms with Gasteiger partial charge in [0, 0.05) is 0 Å². The molecule has 1 saturated carbocycles. The predicted octanol–water partition coefficient (Wildman–Crippen LogP) is 4.19. The quantitative estimate of drug-likeness (QED) is 0.742. The highest BCUT2D eigenvalue weighted by atomic mass is 35.5. The molecule has 134 valence electrons. The minimum absolute atomic E-state index is 0. The van der Waals surface area contributed by atoms with Crippen molar-refractivity contribution in [3.63, 3.8) is 0 Å². The lowest BCUT2D eigenvalue weighted by molar-refractivity contribution is -0.115. The van der Waals surface area contributed by atoms with Crippen LogP contribution in [0, 0.1) is 5.92 Å².